The lowest BCUT2D eigenvalue weighted by Crippen LogP contribution is -2.54. The van der Waals surface area contributed by atoms with Crippen LogP contribution in [0.2, 0.25) is 0 Å². The average molecular weight is 276 g/mol. The minimum Gasteiger partial charge on any atom is -0.314 e. The van der Waals surface area contributed by atoms with E-state index in [0.717, 1.165) is 32.1 Å². The Morgan fingerprint density at radius 1 is 1.10 bits per heavy atom. The first-order chi connectivity index (χ1) is 9.83. The molecule has 1 saturated heterocycles. The normalized spacial score (nSPS) is 25.8. The first-order valence-corrected chi connectivity index (χ1v) is 8.02. The minimum absolute atomic E-state index is 0.141. The van der Waals surface area contributed by atoms with Crippen LogP contribution in [-0.2, 0) is 6.54 Å². The van der Waals surface area contributed by atoms with Crippen molar-refractivity contribution >= 4 is 0 Å². The molecule has 0 aromatic heterocycles. The molecule has 3 heteroatoms. The molecule has 2 nitrogen and oxygen atoms in total. The standard InChI is InChI=1S/C17H25FN2/c18-16-8-6-14(7-9-16)13-20-11-10-19-12-17(20)15-4-2-1-3-5-15/h6-9,15,17,19H,1-5,10-13H2. The third-order valence-electron chi connectivity index (χ3n) is 4.89. The van der Waals surface area contributed by atoms with Gasteiger partial charge in [-0.25, -0.2) is 4.39 Å². The van der Waals surface area contributed by atoms with Crippen molar-refractivity contribution in [2.24, 2.45) is 5.92 Å². The number of piperazine rings is 1. The SMILES string of the molecule is Fc1ccc(CN2CCNCC2C2CCCCC2)cc1. The van der Waals surface area contributed by atoms with Crippen molar-refractivity contribution in [1.29, 1.82) is 0 Å². The van der Waals surface area contributed by atoms with Crippen LogP contribution in [0, 0.1) is 11.7 Å². The van der Waals surface area contributed by atoms with Gasteiger partial charge in [0, 0.05) is 32.2 Å². The molecular weight excluding hydrogens is 251 g/mol. The molecule has 0 amide bonds. The molecule has 1 heterocycles. The van der Waals surface area contributed by atoms with Crippen LogP contribution < -0.4 is 5.32 Å². The highest BCUT2D eigenvalue weighted by molar-refractivity contribution is 5.16. The van der Waals surface area contributed by atoms with Gasteiger partial charge in [0.2, 0.25) is 0 Å². The highest BCUT2D eigenvalue weighted by atomic mass is 19.1. The van der Waals surface area contributed by atoms with Crippen LogP contribution in [-0.4, -0.2) is 30.6 Å². The molecule has 1 aromatic rings. The van der Waals surface area contributed by atoms with Crippen LogP contribution in [0.15, 0.2) is 24.3 Å². The van der Waals surface area contributed by atoms with Crippen LogP contribution in [0.4, 0.5) is 4.39 Å². The number of rotatable bonds is 3. The Kier molecular flexibility index (Phi) is 4.69. The van der Waals surface area contributed by atoms with Gasteiger partial charge in [0.1, 0.15) is 5.82 Å². The van der Waals surface area contributed by atoms with Crippen LogP contribution in [0.3, 0.4) is 0 Å². The fraction of sp³-hybridized carbons (Fsp3) is 0.647. The Morgan fingerprint density at radius 2 is 1.85 bits per heavy atom. The third kappa shape index (κ3) is 3.39. The summed E-state index contributed by atoms with van der Waals surface area (Å²) < 4.78 is 13.0. The summed E-state index contributed by atoms with van der Waals surface area (Å²) in [4.78, 5) is 2.61. The maximum Gasteiger partial charge on any atom is 0.123 e. The van der Waals surface area contributed by atoms with Gasteiger partial charge in [-0.15, -0.1) is 0 Å². The zero-order chi connectivity index (χ0) is 13.8. The molecule has 0 radical (unpaired) electrons. The summed E-state index contributed by atoms with van der Waals surface area (Å²) >= 11 is 0. The fourth-order valence-corrected chi connectivity index (χ4v) is 3.77. The summed E-state index contributed by atoms with van der Waals surface area (Å²) in [7, 11) is 0. The van der Waals surface area contributed by atoms with E-state index in [1.54, 1.807) is 12.1 Å². The molecule has 1 atom stereocenters. The average Bonchev–Trinajstić information content (AvgIpc) is 2.51. The van der Waals surface area contributed by atoms with Crippen molar-refractivity contribution in [3.05, 3.63) is 35.6 Å². The van der Waals surface area contributed by atoms with E-state index >= 15 is 0 Å². The smallest absolute Gasteiger partial charge is 0.123 e. The second-order valence-electron chi connectivity index (χ2n) is 6.27. The lowest BCUT2D eigenvalue weighted by atomic mass is 9.82. The molecule has 1 unspecified atom stereocenters. The first kappa shape index (κ1) is 14.0. The van der Waals surface area contributed by atoms with Gasteiger partial charge >= 0.3 is 0 Å². The molecule has 1 aliphatic heterocycles. The summed E-state index contributed by atoms with van der Waals surface area (Å²) in [6, 6.07) is 7.67. The molecule has 2 aliphatic rings. The molecule has 110 valence electrons. The summed E-state index contributed by atoms with van der Waals surface area (Å²) in [6.07, 6.45) is 6.96. The van der Waals surface area contributed by atoms with Crippen molar-refractivity contribution in [1.82, 2.24) is 10.2 Å². The number of benzene rings is 1. The van der Waals surface area contributed by atoms with Gasteiger partial charge in [0.15, 0.2) is 0 Å². The number of nitrogens with zero attached hydrogens (tertiary/aromatic N) is 1. The lowest BCUT2D eigenvalue weighted by molar-refractivity contribution is 0.0859. The summed E-state index contributed by atoms with van der Waals surface area (Å²) in [5.41, 5.74) is 1.23. The first-order valence-electron chi connectivity index (χ1n) is 8.02. The van der Waals surface area contributed by atoms with Gasteiger partial charge in [-0.3, -0.25) is 4.90 Å². The van der Waals surface area contributed by atoms with Crippen molar-refractivity contribution < 1.29 is 4.39 Å². The molecule has 1 N–H and O–H groups in total. The van der Waals surface area contributed by atoms with Gasteiger partial charge < -0.3 is 5.32 Å². The zero-order valence-corrected chi connectivity index (χ0v) is 12.2. The molecule has 1 aromatic carbocycles. The Labute approximate surface area is 121 Å². The molecule has 2 fully saturated rings. The van der Waals surface area contributed by atoms with Gasteiger partial charge in [0.25, 0.3) is 0 Å². The van der Waals surface area contributed by atoms with E-state index in [9.17, 15) is 4.39 Å². The van der Waals surface area contributed by atoms with E-state index in [-0.39, 0.29) is 5.82 Å². The number of hydrogen-bond acceptors (Lipinski definition) is 2. The van der Waals surface area contributed by atoms with Gasteiger partial charge in [-0.05, 0) is 36.5 Å². The van der Waals surface area contributed by atoms with Gasteiger partial charge in [-0.2, -0.15) is 0 Å². The number of hydrogen-bond donors (Lipinski definition) is 1. The zero-order valence-electron chi connectivity index (χ0n) is 12.2. The maximum atomic E-state index is 13.0. The third-order valence-corrected chi connectivity index (χ3v) is 4.89. The van der Waals surface area contributed by atoms with E-state index < -0.39 is 0 Å². The largest absolute Gasteiger partial charge is 0.314 e. The molecule has 1 saturated carbocycles. The van der Waals surface area contributed by atoms with Crippen LogP contribution in [0.5, 0.6) is 0 Å². The predicted octanol–water partition coefficient (Wildman–Crippen LogP) is 3.18. The molecule has 0 bridgehead atoms. The Balaban J connectivity index is 1.66. The summed E-state index contributed by atoms with van der Waals surface area (Å²) in [6.45, 7) is 4.26. The number of nitrogens with one attached hydrogen (secondary N) is 1. The molecule has 20 heavy (non-hydrogen) atoms. The van der Waals surface area contributed by atoms with Crippen LogP contribution in [0.25, 0.3) is 0 Å². The second-order valence-corrected chi connectivity index (χ2v) is 6.27. The van der Waals surface area contributed by atoms with Crippen molar-refractivity contribution in [2.45, 2.75) is 44.7 Å². The van der Waals surface area contributed by atoms with E-state index in [2.05, 4.69) is 10.2 Å². The van der Waals surface area contributed by atoms with Crippen molar-refractivity contribution in [3.8, 4) is 0 Å². The Morgan fingerprint density at radius 3 is 2.60 bits per heavy atom. The van der Waals surface area contributed by atoms with Gasteiger partial charge in [0.05, 0.1) is 0 Å². The second kappa shape index (κ2) is 6.68. The number of halogens is 1. The topological polar surface area (TPSA) is 15.3 Å². The predicted molar refractivity (Wildman–Crippen MR) is 80.0 cm³/mol. The highest BCUT2D eigenvalue weighted by Crippen LogP contribution is 2.30. The molecule has 1 aliphatic carbocycles. The monoisotopic (exact) mass is 276 g/mol. The maximum absolute atomic E-state index is 13.0. The highest BCUT2D eigenvalue weighted by Gasteiger charge is 2.30. The lowest BCUT2D eigenvalue weighted by Gasteiger charge is -2.42. The molecule has 3 rings (SSSR count). The van der Waals surface area contributed by atoms with Crippen molar-refractivity contribution in [2.75, 3.05) is 19.6 Å². The quantitative estimate of drug-likeness (QED) is 0.912. The van der Waals surface area contributed by atoms with E-state index in [1.807, 2.05) is 12.1 Å². The summed E-state index contributed by atoms with van der Waals surface area (Å²) in [5.74, 6) is 0.704. The van der Waals surface area contributed by atoms with E-state index in [1.165, 1.54) is 37.7 Å². The van der Waals surface area contributed by atoms with Crippen LogP contribution >= 0.6 is 0 Å². The Hall–Kier alpha value is -0.930. The summed E-state index contributed by atoms with van der Waals surface area (Å²) in [5, 5.41) is 3.56. The van der Waals surface area contributed by atoms with Crippen molar-refractivity contribution in [3.63, 3.8) is 0 Å². The van der Waals surface area contributed by atoms with Crippen LogP contribution in [0.1, 0.15) is 37.7 Å². The van der Waals surface area contributed by atoms with Gasteiger partial charge in [-0.1, -0.05) is 31.4 Å². The Bertz CT molecular complexity index is 412. The molecule has 0 spiro atoms. The minimum atomic E-state index is -0.141. The van der Waals surface area contributed by atoms with E-state index in [0.29, 0.717) is 6.04 Å². The molecular formula is C17H25FN2. The fourth-order valence-electron chi connectivity index (χ4n) is 3.77. The van der Waals surface area contributed by atoms with E-state index in [4.69, 9.17) is 0 Å².